The molecular weight excluding hydrogens is 207 g/mol. The Morgan fingerprint density at radius 1 is 1.31 bits per heavy atom. The summed E-state index contributed by atoms with van der Waals surface area (Å²) in [5.74, 6) is 0. The van der Waals surface area contributed by atoms with E-state index in [1.807, 2.05) is 19.6 Å². The van der Waals surface area contributed by atoms with Gasteiger partial charge in [0.25, 0.3) is 0 Å². The summed E-state index contributed by atoms with van der Waals surface area (Å²) in [5, 5.41) is 0.157. The smallest absolute Gasteiger partial charge is 0.361 e. The van der Waals surface area contributed by atoms with Crippen molar-refractivity contribution in [2.75, 3.05) is 14.2 Å². The molecule has 0 unspecified atom stereocenters. The van der Waals surface area contributed by atoms with Gasteiger partial charge in [-0.15, -0.1) is 0 Å². The van der Waals surface area contributed by atoms with Gasteiger partial charge in [0.2, 0.25) is 0 Å². The maximum Gasteiger partial charge on any atom is 0.430 e. The molecule has 5 nitrogen and oxygen atoms in total. The van der Waals surface area contributed by atoms with Crippen LogP contribution in [0.2, 0.25) is 19.6 Å². The van der Waals surface area contributed by atoms with Gasteiger partial charge >= 0.3 is 12.7 Å². The van der Waals surface area contributed by atoms with E-state index >= 15 is 0 Å². The average molecular weight is 222 g/mol. The van der Waals surface area contributed by atoms with Crippen molar-refractivity contribution in [3.63, 3.8) is 0 Å². The van der Waals surface area contributed by atoms with Gasteiger partial charge < -0.3 is 14.6 Å². The number of hydrogen-bond acceptors (Lipinski definition) is 3. The summed E-state index contributed by atoms with van der Waals surface area (Å²) in [6.45, 7) is 5.69. The van der Waals surface area contributed by atoms with Gasteiger partial charge in [0.05, 0.1) is 0 Å². The van der Waals surface area contributed by atoms with E-state index in [1.165, 1.54) is 14.2 Å². The predicted octanol–water partition coefficient (Wildman–Crippen LogP) is 1.98. The fraction of sp³-hybridized carbons (Fsp3) is 0.833. The Bertz CT molecular complexity index is 272. The summed E-state index contributed by atoms with van der Waals surface area (Å²) in [5.41, 5.74) is 8.75. The van der Waals surface area contributed by atoms with Crippen LogP contribution in [0, 0.1) is 0 Å². The highest BCUT2D eigenvalue weighted by Gasteiger charge is 2.47. The molecule has 0 aliphatic heterocycles. The fourth-order valence-corrected chi connectivity index (χ4v) is 5.60. The summed E-state index contributed by atoms with van der Waals surface area (Å²) >= 11 is 0. The van der Waals surface area contributed by atoms with Crippen molar-refractivity contribution in [1.82, 2.24) is 0 Å². The molecule has 0 saturated carbocycles. The van der Waals surface area contributed by atoms with Crippen LogP contribution in [-0.2, 0) is 13.6 Å². The van der Waals surface area contributed by atoms with Crippen molar-refractivity contribution in [3.05, 3.63) is 5.53 Å². The van der Waals surface area contributed by atoms with Gasteiger partial charge in [-0.2, -0.15) is 4.79 Å². The molecule has 13 heavy (non-hydrogen) atoms. The Balaban J connectivity index is 5.25. The van der Waals surface area contributed by atoms with Crippen LogP contribution in [0.1, 0.15) is 0 Å². The summed E-state index contributed by atoms with van der Waals surface area (Å²) in [6.07, 6.45) is 0. The molecule has 0 atom stereocenters. The lowest BCUT2D eigenvalue weighted by molar-refractivity contribution is 0.000379. The lowest BCUT2D eigenvalue weighted by Crippen LogP contribution is -2.34. The van der Waals surface area contributed by atoms with Gasteiger partial charge in [-0.3, -0.25) is 0 Å². The molecule has 7 heteroatoms. The van der Waals surface area contributed by atoms with E-state index < -0.39 is 15.7 Å². The zero-order valence-electron chi connectivity index (χ0n) is 8.57. The van der Waals surface area contributed by atoms with Gasteiger partial charge in [-0.05, 0) is 0 Å². The summed E-state index contributed by atoms with van der Waals surface area (Å²) < 4.78 is 21.3. The molecule has 0 aromatic rings. The van der Waals surface area contributed by atoms with Crippen molar-refractivity contribution < 1.29 is 18.4 Å². The minimum Gasteiger partial charge on any atom is -0.361 e. The third kappa shape index (κ3) is 2.86. The Morgan fingerprint density at radius 2 is 1.69 bits per heavy atom. The number of hydrogen-bond donors (Lipinski definition) is 0. The van der Waals surface area contributed by atoms with Crippen molar-refractivity contribution in [1.29, 1.82) is 0 Å². The third-order valence-electron chi connectivity index (χ3n) is 1.51. The van der Waals surface area contributed by atoms with E-state index in [0.717, 1.165) is 0 Å². The molecule has 0 aliphatic carbocycles. The van der Waals surface area contributed by atoms with Gasteiger partial charge in [-0.1, -0.05) is 19.6 Å². The summed E-state index contributed by atoms with van der Waals surface area (Å²) in [6, 6.07) is 0. The molecule has 0 aliphatic rings. The maximum atomic E-state index is 11.8. The van der Waals surface area contributed by atoms with Gasteiger partial charge in [-0.25, -0.2) is 4.57 Å². The Hall–Kier alpha value is -0.253. The first kappa shape index (κ1) is 12.7. The van der Waals surface area contributed by atoms with Crippen molar-refractivity contribution in [2.45, 2.75) is 19.6 Å². The molecule has 0 aromatic carbocycles. The first-order chi connectivity index (χ1) is 5.81. The van der Waals surface area contributed by atoms with E-state index in [1.54, 1.807) is 0 Å². The van der Waals surface area contributed by atoms with Crippen molar-refractivity contribution in [3.8, 4) is 0 Å². The Kier molecular flexibility index (Phi) is 4.22. The van der Waals surface area contributed by atoms with Crippen LogP contribution in [0.3, 0.4) is 0 Å². The van der Waals surface area contributed by atoms with Crippen LogP contribution in [0.25, 0.3) is 5.53 Å². The second kappa shape index (κ2) is 4.31. The van der Waals surface area contributed by atoms with E-state index in [-0.39, 0.29) is 5.08 Å². The standard InChI is InChI=1S/C6H15N2O3PSi/c1-10-12(9,11-2)6(8-7)13(3,4)5/h1-5H3. The van der Waals surface area contributed by atoms with Crippen LogP contribution in [0.4, 0.5) is 0 Å². The van der Waals surface area contributed by atoms with Crippen LogP contribution in [0.15, 0.2) is 0 Å². The first-order valence-electron chi connectivity index (χ1n) is 3.76. The molecule has 0 rings (SSSR count). The zero-order chi connectivity index (χ0) is 10.7. The average Bonchev–Trinajstić information content (AvgIpc) is 2.02. The molecule has 0 amide bonds. The molecule has 76 valence electrons. The van der Waals surface area contributed by atoms with Crippen LogP contribution in [0.5, 0.6) is 0 Å². The highest BCUT2D eigenvalue weighted by Crippen LogP contribution is 2.49. The SMILES string of the molecule is COP(=O)(OC)C(=[N+]=[N-])[Si](C)(C)C. The summed E-state index contributed by atoms with van der Waals surface area (Å²) in [7, 11) is -2.78. The molecule has 0 aromatic heterocycles. The van der Waals surface area contributed by atoms with E-state index in [4.69, 9.17) is 14.6 Å². The normalized spacial score (nSPS) is 12.4. The highest BCUT2D eigenvalue weighted by molar-refractivity contribution is 7.79. The first-order valence-corrected chi connectivity index (χ1v) is 8.80. The van der Waals surface area contributed by atoms with Crippen molar-refractivity contribution in [2.24, 2.45) is 0 Å². The third-order valence-corrected chi connectivity index (χ3v) is 7.35. The molecule has 0 bridgehead atoms. The highest BCUT2D eigenvalue weighted by atomic mass is 31.2. The monoisotopic (exact) mass is 222 g/mol. The van der Waals surface area contributed by atoms with Crippen LogP contribution in [-0.4, -0.2) is 32.2 Å². The van der Waals surface area contributed by atoms with Gasteiger partial charge in [0, 0.05) is 14.2 Å². The second-order valence-electron chi connectivity index (χ2n) is 3.54. The van der Waals surface area contributed by atoms with Crippen LogP contribution < -0.4 is 0 Å². The molecule has 0 heterocycles. The molecule has 0 N–H and O–H groups in total. The summed E-state index contributed by atoms with van der Waals surface area (Å²) in [4.78, 5) is 3.04. The molecule has 0 fully saturated rings. The maximum absolute atomic E-state index is 11.8. The van der Waals surface area contributed by atoms with Gasteiger partial charge in [0.1, 0.15) is 0 Å². The molecular formula is C6H15N2O3PSi. The van der Waals surface area contributed by atoms with Crippen LogP contribution >= 0.6 is 7.60 Å². The quantitative estimate of drug-likeness (QED) is 0.240. The lowest BCUT2D eigenvalue weighted by atomic mass is 11.6. The van der Waals surface area contributed by atoms with E-state index in [0.29, 0.717) is 0 Å². The molecule has 0 spiro atoms. The lowest BCUT2D eigenvalue weighted by Gasteiger charge is -2.15. The predicted molar refractivity (Wildman–Crippen MR) is 53.6 cm³/mol. The largest absolute Gasteiger partial charge is 0.430 e. The Labute approximate surface area is 79.2 Å². The minimum atomic E-state index is -3.35. The van der Waals surface area contributed by atoms with Crippen molar-refractivity contribution >= 4 is 20.7 Å². The van der Waals surface area contributed by atoms with E-state index in [2.05, 4.69) is 4.79 Å². The number of nitrogens with zero attached hydrogens (tertiary/aromatic N) is 2. The zero-order valence-corrected chi connectivity index (χ0v) is 10.5. The second-order valence-corrected chi connectivity index (χ2v) is 11.1. The minimum absolute atomic E-state index is 0.157. The van der Waals surface area contributed by atoms with E-state index in [9.17, 15) is 4.57 Å². The number of rotatable bonds is 4. The Morgan fingerprint density at radius 3 is 1.77 bits per heavy atom. The fourth-order valence-electron chi connectivity index (χ4n) is 0.863. The molecule has 0 radical (unpaired) electrons. The topological polar surface area (TPSA) is 71.9 Å². The molecule has 0 saturated heterocycles. The van der Waals surface area contributed by atoms with Gasteiger partial charge in [0.15, 0.2) is 8.07 Å².